The second kappa shape index (κ2) is 5.34. The van der Waals surface area contributed by atoms with Crippen molar-refractivity contribution in [1.29, 1.82) is 5.26 Å². The minimum absolute atomic E-state index is 0.0891. The van der Waals surface area contributed by atoms with Crippen molar-refractivity contribution < 1.29 is 9.53 Å². The molecular weight excluding hydrogens is 226 g/mol. The van der Waals surface area contributed by atoms with Crippen molar-refractivity contribution in [1.82, 2.24) is 0 Å². The number of hydrogen-bond acceptors (Lipinski definition) is 3. The summed E-state index contributed by atoms with van der Waals surface area (Å²) in [5, 5.41) is 9.06. The predicted molar refractivity (Wildman–Crippen MR) is 61.2 cm³/mol. The molecule has 1 rings (SSSR count). The van der Waals surface area contributed by atoms with Crippen molar-refractivity contribution in [3.05, 3.63) is 40.9 Å². The van der Waals surface area contributed by atoms with Gasteiger partial charge in [0.25, 0.3) is 0 Å². The zero-order chi connectivity index (χ0) is 12.1. The molecule has 0 N–H and O–H groups in total. The van der Waals surface area contributed by atoms with Crippen LogP contribution in [0.2, 0.25) is 5.02 Å². The number of carbonyl (C=O) groups excluding carboxylic acids is 1. The molecule has 0 fully saturated rings. The highest BCUT2D eigenvalue weighted by atomic mass is 35.5. The topological polar surface area (TPSA) is 50.1 Å². The first-order chi connectivity index (χ1) is 7.60. The molecule has 16 heavy (non-hydrogen) atoms. The van der Waals surface area contributed by atoms with Crippen molar-refractivity contribution in [2.45, 2.75) is 13.3 Å². The highest BCUT2D eigenvalue weighted by Crippen LogP contribution is 2.28. The Morgan fingerprint density at radius 3 is 2.88 bits per heavy atom. The van der Waals surface area contributed by atoms with Crippen LogP contribution in [0.4, 0.5) is 0 Å². The third kappa shape index (κ3) is 2.62. The molecule has 0 atom stereocenters. The third-order valence-corrected chi connectivity index (χ3v) is 2.30. The number of nitriles is 1. The minimum Gasteiger partial charge on any atom is -0.420 e. The van der Waals surface area contributed by atoms with Crippen LogP contribution in [-0.2, 0) is 4.79 Å². The molecular formula is C12H10ClNO2. The Labute approximate surface area is 98.9 Å². The standard InChI is InChI=1S/C12H10ClNO2/c1-3-8(2)12(15)16-11-9(7-14)5-4-6-10(11)13/h4-6H,2-3H2,1H3. The van der Waals surface area contributed by atoms with E-state index in [0.29, 0.717) is 12.0 Å². The average Bonchev–Trinajstić information content (AvgIpc) is 2.30. The van der Waals surface area contributed by atoms with E-state index >= 15 is 0 Å². The summed E-state index contributed by atoms with van der Waals surface area (Å²) < 4.78 is 5.03. The quantitative estimate of drug-likeness (QED) is 0.460. The molecule has 1 aromatic rings. The summed E-state index contributed by atoms with van der Waals surface area (Å²) >= 11 is 5.84. The Kier molecular flexibility index (Phi) is 4.10. The van der Waals surface area contributed by atoms with Gasteiger partial charge in [-0.25, -0.2) is 4.79 Å². The Morgan fingerprint density at radius 1 is 1.62 bits per heavy atom. The summed E-state index contributed by atoms with van der Waals surface area (Å²) in [5.41, 5.74) is 0.563. The van der Waals surface area contributed by atoms with Crippen LogP contribution in [-0.4, -0.2) is 5.97 Å². The third-order valence-electron chi connectivity index (χ3n) is 2.00. The average molecular weight is 236 g/mol. The van der Waals surface area contributed by atoms with Gasteiger partial charge in [-0.05, 0) is 18.6 Å². The fourth-order valence-corrected chi connectivity index (χ4v) is 1.22. The molecule has 0 heterocycles. The molecule has 0 aliphatic rings. The monoisotopic (exact) mass is 235 g/mol. The van der Waals surface area contributed by atoms with Crippen LogP contribution >= 0.6 is 11.6 Å². The normalized spacial score (nSPS) is 9.31. The molecule has 3 nitrogen and oxygen atoms in total. The number of benzene rings is 1. The maximum atomic E-state index is 11.5. The molecule has 0 saturated carbocycles. The number of nitrogens with zero attached hydrogens (tertiary/aromatic N) is 1. The maximum absolute atomic E-state index is 11.5. The predicted octanol–water partition coefficient (Wildman–Crippen LogP) is 3.08. The van der Waals surface area contributed by atoms with E-state index in [4.69, 9.17) is 21.6 Å². The fourth-order valence-electron chi connectivity index (χ4n) is 1.01. The van der Waals surface area contributed by atoms with Gasteiger partial charge in [0, 0.05) is 5.57 Å². The lowest BCUT2D eigenvalue weighted by molar-refractivity contribution is -0.130. The van der Waals surface area contributed by atoms with Gasteiger partial charge in [-0.15, -0.1) is 0 Å². The zero-order valence-corrected chi connectivity index (χ0v) is 9.54. The number of halogens is 1. The molecule has 0 spiro atoms. The molecule has 82 valence electrons. The summed E-state index contributed by atoms with van der Waals surface area (Å²) in [7, 11) is 0. The lowest BCUT2D eigenvalue weighted by atomic mass is 10.2. The van der Waals surface area contributed by atoms with Gasteiger partial charge in [0.05, 0.1) is 10.6 Å². The van der Waals surface area contributed by atoms with Crippen LogP contribution in [0.5, 0.6) is 5.75 Å². The number of rotatable bonds is 3. The van der Waals surface area contributed by atoms with Crippen LogP contribution < -0.4 is 4.74 Å². The van der Waals surface area contributed by atoms with Crippen LogP contribution in [0.3, 0.4) is 0 Å². The molecule has 0 saturated heterocycles. The molecule has 4 heteroatoms. The first-order valence-electron chi connectivity index (χ1n) is 4.68. The first-order valence-corrected chi connectivity index (χ1v) is 5.06. The second-order valence-electron chi connectivity index (χ2n) is 3.07. The zero-order valence-electron chi connectivity index (χ0n) is 8.79. The number of esters is 1. The Morgan fingerprint density at radius 2 is 2.31 bits per heavy atom. The van der Waals surface area contributed by atoms with Crippen molar-refractivity contribution in [3.8, 4) is 11.8 Å². The summed E-state index contributed by atoms with van der Waals surface area (Å²) in [5.74, 6) is -0.474. The van der Waals surface area contributed by atoms with Crippen LogP contribution in [0.15, 0.2) is 30.4 Å². The van der Waals surface area contributed by atoms with Gasteiger partial charge in [-0.3, -0.25) is 0 Å². The van der Waals surface area contributed by atoms with Crippen molar-refractivity contribution in [2.24, 2.45) is 0 Å². The largest absolute Gasteiger partial charge is 0.420 e. The number of ether oxygens (including phenoxy) is 1. The van der Waals surface area contributed by atoms with Crippen LogP contribution in [0.1, 0.15) is 18.9 Å². The Balaban J connectivity index is 3.02. The minimum atomic E-state index is -0.563. The summed E-state index contributed by atoms with van der Waals surface area (Å²) in [4.78, 5) is 11.5. The van der Waals surface area contributed by atoms with E-state index in [-0.39, 0.29) is 16.3 Å². The Hall–Kier alpha value is -1.79. The van der Waals surface area contributed by atoms with Gasteiger partial charge >= 0.3 is 5.97 Å². The summed E-state index contributed by atoms with van der Waals surface area (Å²) in [6, 6.07) is 6.61. The Bertz CT molecular complexity index is 474. The van der Waals surface area contributed by atoms with E-state index in [1.54, 1.807) is 19.1 Å². The molecule has 0 unspecified atom stereocenters. The van der Waals surface area contributed by atoms with Gasteiger partial charge in [0.2, 0.25) is 0 Å². The van der Waals surface area contributed by atoms with E-state index < -0.39 is 5.97 Å². The summed E-state index contributed by atoms with van der Waals surface area (Å²) in [6.07, 6.45) is 0.491. The van der Waals surface area contributed by atoms with Crippen molar-refractivity contribution in [3.63, 3.8) is 0 Å². The molecule has 0 aliphatic heterocycles. The molecule has 0 bridgehead atoms. The molecule has 0 aromatic heterocycles. The van der Waals surface area contributed by atoms with Crippen molar-refractivity contribution >= 4 is 17.6 Å². The SMILES string of the molecule is C=C(CC)C(=O)Oc1c(Cl)cccc1C#N. The van der Waals surface area contributed by atoms with Gasteiger partial charge in [-0.2, -0.15) is 5.26 Å². The van der Waals surface area contributed by atoms with E-state index in [2.05, 4.69) is 6.58 Å². The first kappa shape index (κ1) is 12.3. The number of carbonyl (C=O) groups is 1. The molecule has 0 radical (unpaired) electrons. The van der Waals surface area contributed by atoms with E-state index in [0.717, 1.165) is 0 Å². The molecule has 0 amide bonds. The summed E-state index contributed by atoms with van der Waals surface area (Å²) in [6.45, 7) is 5.35. The highest BCUT2D eigenvalue weighted by molar-refractivity contribution is 6.32. The smallest absolute Gasteiger partial charge is 0.338 e. The van der Waals surface area contributed by atoms with E-state index in [1.807, 2.05) is 6.07 Å². The van der Waals surface area contributed by atoms with Crippen LogP contribution in [0, 0.1) is 11.3 Å². The van der Waals surface area contributed by atoms with Crippen molar-refractivity contribution in [2.75, 3.05) is 0 Å². The lowest BCUT2D eigenvalue weighted by Crippen LogP contribution is -2.11. The van der Waals surface area contributed by atoms with Gasteiger partial charge in [-0.1, -0.05) is 31.2 Å². The molecule has 0 aliphatic carbocycles. The van der Waals surface area contributed by atoms with Gasteiger partial charge < -0.3 is 4.74 Å². The van der Waals surface area contributed by atoms with E-state index in [1.165, 1.54) is 6.07 Å². The second-order valence-corrected chi connectivity index (χ2v) is 3.48. The van der Waals surface area contributed by atoms with E-state index in [9.17, 15) is 4.79 Å². The highest BCUT2D eigenvalue weighted by Gasteiger charge is 2.14. The van der Waals surface area contributed by atoms with Gasteiger partial charge in [0.15, 0.2) is 5.75 Å². The maximum Gasteiger partial charge on any atom is 0.338 e. The lowest BCUT2D eigenvalue weighted by Gasteiger charge is -2.08. The molecule has 1 aromatic carbocycles. The number of para-hydroxylation sites is 1. The number of hydrogen-bond donors (Lipinski definition) is 0. The van der Waals surface area contributed by atoms with Gasteiger partial charge in [0.1, 0.15) is 6.07 Å². The van der Waals surface area contributed by atoms with Crippen LogP contribution in [0.25, 0.3) is 0 Å². The fraction of sp³-hybridized carbons (Fsp3) is 0.167.